The molecule has 5 heteroatoms. The van der Waals surface area contributed by atoms with Crippen molar-refractivity contribution in [3.05, 3.63) is 18.2 Å². The number of rotatable bonds is 3. The van der Waals surface area contributed by atoms with E-state index in [-0.39, 0.29) is 18.3 Å². The van der Waals surface area contributed by atoms with Crippen molar-refractivity contribution in [2.24, 2.45) is 0 Å². The lowest BCUT2D eigenvalue weighted by Gasteiger charge is -2.32. The predicted octanol–water partition coefficient (Wildman–Crippen LogP) is 3.08. The third-order valence-electron chi connectivity index (χ3n) is 5.21. The largest absolute Gasteiger partial charge is 0.494 e. The molecule has 1 aliphatic heterocycles. The molecule has 0 amide bonds. The van der Waals surface area contributed by atoms with Crippen LogP contribution >= 0.6 is 0 Å². The summed E-state index contributed by atoms with van der Waals surface area (Å²) in [4.78, 5) is 0. The van der Waals surface area contributed by atoms with Crippen molar-refractivity contribution >= 4 is 39.1 Å². The summed E-state index contributed by atoms with van der Waals surface area (Å²) < 4.78 is 12.6. The molecule has 0 atom stereocenters. The van der Waals surface area contributed by atoms with E-state index < -0.39 is 16.1 Å². The smallest absolute Gasteiger partial charge is 0.399 e. The zero-order valence-corrected chi connectivity index (χ0v) is 18.6. The first-order valence-corrected chi connectivity index (χ1v) is 15.7. The molecule has 0 unspecified atom stereocenters. The van der Waals surface area contributed by atoms with Crippen molar-refractivity contribution < 1.29 is 9.31 Å². The van der Waals surface area contributed by atoms with E-state index in [1.807, 2.05) is 0 Å². The van der Waals surface area contributed by atoms with Gasteiger partial charge in [-0.1, -0.05) is 67.9 Å². The second-order valence-corrected chi connectivity index (χ2v) is 20.1. The maximum atomic E-state index is 6.29. The van der Waals surface area contributed by atoms with Crippen molar-refractivity contribution in [2.75, 3.05) is 0 Å². The molecule has 1 aromatic carbocycles. The molecule has 0 saturated carbocycles. The van der Waals surface area contributed by atoms with Crippen LogP contribution in [0.3, 0.4) is 0 Å². The molecule has 1 fully saturated rings. The zero-order valence-electron chi connectivity index (χ0n) is 16.6. The summed E-state index contributed by atoms with van der Waals surface area (Å²) in [5.74, 6) is 0. The third-order valence-corrected chi connectivity index (χ3v) is 9.25. The minimum absolute atomic E-state index is 0.258. The normalized spacial score (nSPS) is 20.9. The summed E-state index contributed by atoms with van der Waals surface area (Å²) >= 11 is 0. The van der Waals surface area contributed by atoms with Gasteiger partial charge in [-0.15, -0.1) is 0 Å². The van der Waals surface area contributed by atoms with Gasteiger partial charge in [-0.3, -0.25) is 0 Å². The molecule has 0 radical (unpaired) electrons. The van der Waals surface area contributed by atoms with Crippen LogP contribution in [0.1, 0.15) is 27.7 Å². The molecule has 1 aliphatic rings. The maximum absolute atomic E-state index is 6.29. The highest BCUT2D eigenvalue weighted by Gasteiger charge is 2.52. The highest BCUT2D eigenvalue weighted by Crippen LogP contribution is 2.36. The van der Waals surface area contributed by atoms with Crippen molar-refractivity contribution in [1.82, 2.24) is 0 Å². The molecule has 1 saturated heterocycles. The summed E-state index contributed by atoms with van der Waals surface area (Å²) in [6.45, 7) is 22.9. The van der Waals surface area contributed by atoms with Gasteiger partial charge in [0, 0.05) is 0 Å². The van der Waals surface area contributed by atoms with Crippen LogP contribution in [0.2, 0.25) is 39.3 Å². The van der Waals surface area contributed by atoms with Crippen LogP contribution < -0.4 is 15.8 Å². The van der Waals surface area contributed by atoms with Gasteiger partial charge in [0.05, 0.1) is 27.3 Å². The quantitative estimate of drug-likeness (QED) is 0.782. The van der Waals surface area contributed by atoms with Gasteiger partial charge in [0.2, 0.25) is 0 Å². The lowest BCUT2D eigenvalue weighted by atomic mass is 9.79. The van der Waals surface area contributed by atoms with E-state index in [0.717, 1.165) is 0 Å². The Balaban J connectivity index is 2.51. The van der Waals surface area contributed by atoms with Crippen molar-refractivity contribution in [1.29, 1.82) is 0 Å². The van der Waals surface area contributed by atoms with Crippen LogP contribution in [-0.2, 0) is 9.31 Å². The van der Waals surface area contributed by atoms with Gasteiger partial charge in [0.25, 0.3) is 0 Å². The SMILES string of the molecule is CC1(C)OB(c2cc([Si](C)(C)C)cc([Si](C)(C)C)c2)OC1(C)C. The van der Waals surface area contributed by atoms with Crippen LogP contribution in [0.5, 0.6) is 0 Å². The van der Waals surface area contributed by atoms with Gasteiger partial charge in [0.15, 0.2) is 0 Å². The molecule has 2 nitrogen and oxygen atoms in total. The van der Waals surface area contributed by atoms with Gasteiger partial charge in [0.1, 0.15) is 0 Å². The Kier molecular flexibility index (Phi) is 4.60. The predicted molar refractivity (Wildman–Crippen MR) is 108 cm³/mol. The monoisotopic (exact) mass is 348 g/mol. The van der Waals surface area contributed by atoms with Crippen molar-refractivity contribution in [3.63, 3.8) is 0 Å². The van der Waals surface area contributed by atoms with Gasteiger partial charge < -0.3 is 9.31 Å². The lowest BCUT2D eigenvalue weighted by molar-refractivity contribution is 0.00578. The Morgan fingerprint density at radius 2 is 1.04 bits per heavy atom. The van der Waals surface area contributed by atoms with Crippen LogP contribution in [0.25, 0.3) is 0 Å². The average Bonchev–Trinajstić information content (AvgIpc) is 2.56. The van der Waals surface area contributed by atoms with E-state index in [9.17, 15) is 0 Å². The Morgan fingerprint density at radius 1 is 0.696 bits per heavy atom. The van der Waals surface area contributed by atoms with Crippen LogP contribution in [0, 0.1) is 0 Å². The molecular weight excluding hydrogens is 315 g/mol. The average molecular weight is 348 g/mol. The van der Waals surface area contributed by atoms with Crippen LogP contribution in [0.15, 0.2) is 18.2 Å². The molecule has 2 rings (SSSR count). The summed E-state index contributed by atoms with van der Waals surface area (Å²) in [6.07, 6.45) is 0. The van der Waals surface area contributed by atoms with E-state index in [1.54, 1.807) is 0 Å². The number of benzene rings is 1. The Morgan fingerprint density at radius 3 is 1.35 bits per heavy atom. The lowest BCUT2D eigenvalue weighted by Crippen LogP contribution is -2.50. The maximum Gasteiger partial charge on any atom is 0.494 e. The number of hydrogen-bond donors (Lipinski definition) is 0. The van der Waals surface area contributed by atoms with Crippen molar-refractivity contribution in [2.45, 2.75) is 78.2 Å². The summed E-state index contributed by atoms with van der Waals surface area (Å²) in [7, 11) is -3.03. The fraction of sp³-hybridized carbons (Fsp3) is 0.667. The van der Waals surface area contributed by atoms with E-state index >= 15 is 0 Å². The Bertz CT molecular complexity index is 550. The minimum atomic E-state index is -1.39. The first-order valence-electron chi connectivity index (χ1n) is 8.65. The fourth-order valence-electron chi connectivity index (χ4n) is 2.63. The van der Waals surface area contributed by atoms with E-state index in [0.29, 0.717) is 0 Å². The Hall–Kier alpha value is -0.361. The van der Waals surface area contributed by atoms with Gasteiger partial charge >= 0.3 is 7.12 Å². The van der Waals surface area contributed by atoms with Crippen LogP contribution in [0.4, 0.5) is 0 Å². The van der Waals surface area contributed by atoms with Gasteiger partial charge in [-0.05, 0) is 33.2 Å². The number of hydrogen-bond acceptors (Lipinski definition) is 2. The zero-order chi connectivity index (χ0) is 17.8. The second-order valence-electron chi connectivity index (χ2n) is 9.93. The molecule has 0 bridgehead atoms. The topological polar surface area (TPSA) is 18.5 Å². The molecular formula is C18H33BO2Si2. The molecule has 1 aromatic rings. The molecule has 23 heavy (non-hydrogen) atoms. The van der Waals surface area contributed by atoms with Crippen LogP contribution in [-0.4, -0.2) is 34.5 Å². The van der Waals surface area contributed by atoms with Gasteiger partial charge in [-0.2, -0.15) is 0 Å². The third kappa shape index (κ3) is 3.84. The standard InChI is InChI=1S/C18H33BO2Si2/c1-17(2)18(3,4)21-19(20-17)14-11-15(22(5,6)7)13-16(12-14)23(8,9)10/h11-13H,1-10H3. The first-order chi connectivity index (χ1) is 10.1. The first kappa shape index (κ1) is 19.0. The molecule has 0 spiro atoms. The minimum Gasteiger partial charge on any atom is -0.399 e. The summed E-state index contributed by atoms with van der Waals surface area (Å²) in [5, 5.41) is 3.00. The van der Waals surface area contributed by atoms with Gasteiger partial charge in [-0.25, -0.2) is 0 Å². The second kappa shape index (κ2) is 5.58. The fourth-order valence-corrected chi connectivity index (χ4v) is 5.15. The summed E-state index contributed by atoms with van der Waals surface area (Å²) in [5.41, 5.74) is 0.624. The highest BCUT2D eigenvalue weighted by molar-refractivity contribution is 6.92. The summed E-state index contributed by atoms with van der Waals surface area (Å²) in [6, 6.07) is 7.11. The highest BCUT2D eigenvalue weighted by atomic mass is 28.3. The van der Waals surface area contributed by atoms with E-state index in [2.05, 4.69) is 85.2 Å². The molecule has 128 valence electrons. The molecule has 0 aromatic heterocycles. The van der Waals surface area contributed by atoms with E-state index in [1.165, 1.54) is 15.8 Å². The van der Waals surface area contributed by atoms with Crippen molar-refractivity contribution in [3.8, 4) is 0 Å². The molecule has 0 N–H and O–H groups in total. The van der Waals surface area contributed by atoms with E-state index in [4.69, 9.17) is 9.31 Å². The molecule has 0 aliphatic carbocycles. The Labute approximate surface area is 145 Å². The molecule has 1 heterocycles.